The quantitative estimate of drug-likeness (QED) is 0.329. The summed E-state index contributed by atoms with van der Waals surface area (Å²) in [5.74, 6) is 1.90. The lowest BCUT2D eigenvalue weighted by Crippen LogP contribution is -2.68. The summed E-state index contributed by atoms with van der Waals surface area (Å²) in [6, 6.07) is 0. The molecule has 5 fully saturated rings. The molecular weight excluding hydrogens is 392 g/mol. The van der Waals surface area contributed by atoms with Gasteiger partial charge in [-0.3, -0.25) is 0 Å². The molecule has 0 amide bonds. The third-order valence-electron chi connectivity index (χ3n) is 13.7. The van der Waals surface area contributed by atoms with Gasteiger partial charge in [0.15, 0.2) is 5.79 Å². The zero-order chi connectivity index (χ0) is 23.5. The number of fused-ring (bicyclic) bond motifs is 7. The van der Waals surface area contributed by atoms with Gasteiger partial charge in [0.1, 0.15) is 0 Å². The molecular formula is C30H50O2. The second-order valence-electron chi connectivity index (χ2n) is 14.9. The SMILES string of the molecule is C=C(C)[C@@H]1CC[C@]2(C)CC[C@]3(C)[C@H](CC[C@@H]4[C@@]5(C)CCC(O)(O)C(C)(C)[C@@H]5CC[C@]43C)[C@@H]12. The summed E-state index contributed by atoms with van der Waals surface area (Å²) in [6.45, 7) is 21.5. The van der Waals surface area contributed by atoms with Crippen molar-refractivity contribution in [2.75, 3.05) is 0 Å². The van der Waals surface area contributed by atoms with E-state index in [4.69, 9.17) is 0 Å². The molecule has 0 aliphatic heterocycles. The van der Waals surface area contributed by atoms with E-state index in [9.17, 15) is 10.2 Å². The van der Waals surface area contributed by atoms with Crippen molar-refractivity contribution in [1.82, 2.24) is 0 Å². The third kappa shape index (κ3) is 2.61. The fourth-order valence-corrected chi connectivity index (χ4v) is 11.4. The van der Waals surface area contributed by atoms with E-state index in [0.717, 1.165) is 30.6 Å². The molecule has 0 unspecified atom stereocenters. The van der Waals surface area contributed by atoms with Crippen LogP contribution >= 0.6 is 0 Å². The third-order valence-corrected chi connectivity index (χ3v) is 13.7. The van der Waals surface area contributed by atoms with Crippen LogP contribution in [0.25, 0.3) is 0 Å². The Kier molecular flexibility index (Phi) is 4.87. The maximum atomic E-state index is 10.9. The van der Waals surface area contributed by atoms with E-state index < -0.39 is 11.2 Å². The molecule has 0 bridgehead atoms. The van der Waals surface area contributed by atoms with Crippen LogP contribution in [0.5, 0.6) is 0 Å². The number of aliphatic hydroxyl groups is 2. The highest BCUT2D eigenvalue weighted by Gasteiger charge is 2.71. The highest BCUT2D eigenvalue weighted by molar-refractivity contribution is 5.21. The van der Waals surface area contributed by atoms with E-state index in [1.165, 1.54) is 50.5 Å². The second kappa shape index (κ2) is 6.66. The predicted molar refractivity (Wildman–Crippen MR) is 132 cm³/mol. The smallest absolute Gasteiger partial charge is 0.167 e. The fraction of sp³-hybridized carbons (Fsp3) is 0.933. The molecule has 9 atom stereocenters. The Labute approximate surface area is 197 Å². The van der Waals surface area contributed by atoms with Crippen molar-refractivity contribution in [3.05, 3.63) is 12.2 Å². The molecule has 2 nitrogen and oxygen atoms in total. The predicted octanol–water partition coefficient (Wildman–Crippen LogP) is 7.34. The lowest BCUT2D eigenvalue weighted by molar-refractivity contribution is -0.320. The zero-order valence-corrected chi connectivity index (χ0v) is 22.1. The van der Waals surface area contributed by atoms with Crippen molar-refractivity contribution < 1.29 is 10.2 Å². The molecule has 5 aliphatic rings. The van der Waals surface area contributed by atoms with Gasteiger partial charge in [-0.2, -0.15) is 0 Å². The summed E-state index contributed by atoms with van der Waals surface area (Å²) in [6.07, 6.45) is 12.1. The number of rotatable bonds is 1. The fourth-order valence-electron chi connectivity index (χ4n) is 11.4. The first-order valence-corrected chi connectivity index (χ1v) is 13.7. The Morgan fingerprint density at radius 1 is 0.719 bits per heavy atom. The summed E-state index contributed by atoms with van der Waals surface area (Å²) < 4.78 is 0. The first-order chi connectivity index (χ1) is 14.6. The highest BCUT2D eigenvalue weighted by Crippen LogP contribution is 2.77. The Morgan fingerprint density at radius 2 is 1.41 bits per heavy atom. The second-order valence-corrected chi connectivity index (χ2v) is 14.9. The highest BCUT2D eigenvalue weighted by atomic mass is 16.5. The van der Waals surface area contributed by atoms with Gasteiger partial charge in [-0.1, -0.05) is 53.7 Å². The van der Waals surface area contributed by atoms with E-state index in [0.29, 0.717) is 34.5 Å². The lowest BCUT2D eigenvalue weighted by atomic mass is 9.32. The van der Waals surface area contributed by atoms with Crippen molar-refractivity contribution in [2.24, 2.45) is 56.7 Å². The minimum atomic E-state index is -1.53. The van der Waals surface area contributed by atoms with Crippen LogP contribution in [0.1, 0.15) is 113 Å². The summed E-state index contributed by atoms with van der Waals surface area (Å²) in [4.78, 5) is 0. The minimum absolute atomic E-state index is 0.212. The molecule has 5 saturated carbocycles. The van der Waals surface area contributed by atoms with Gasteiger partial charge in [0.05, 0.1) is 0 Å². The van der Waals surface area contributed by atoms with Gasteiger partial charge in [0.25, 0.3) is 0 Å². The van der Waals surface area contributed by atoms with Crippen LogP contribution in [0.3, 0.4) is 0 Å². The summed E-state index contributed by atoms with van der Waals surface area (Å²) in [5, 5.41) is 21.8. The largest absolute Gasteiger partial charge is 0.365 e. The average molecular weight is 443 g/mol. The number of hydrogen-bond donors (Lipinski definition) is 2. The van der Waals surface area contributed by atoms with Gasteiger partial charge in [0, 0.05) is 11.8 Å². The van der Waals surface area contributed by atoms with Crippen molar-refractivity contribution >= 4 is 0 Å². The van der Waals surface area contributed by atoms with Crippen molar-refractivity contribution in [1.29, 1.82) is 0 Å². The van der Waals surface area contributed by atoms with E-state index in [1.54, 1.807) is 0 Å². The molecule has 2 heteroatoms. The minimum Gasteiger partial charge on any atom is -0.365 e. The van der Waals surface area contributed by atoms with Crippen LogP contribution in [0, 0.1) is 56.7 Å². The van der Waals surface area contributed by atoms with E-state index in [-0.39, 0.29) is 5.41 Å². The topological polar surface area (TPSA) is 40.5 Å². The van der Waals surface area contributed by atoms with E-state index >= 15 is 0 Å². The standard InChI is InChI=1S/C30H50O2/c1-19(2)20-11-13-26(5)15-17-28(7)21(24(20)26)9-10-23-27(6)16-18-30(31,32)25(3,4)22(27)12-14-29(23,28)8/h20-24,31-32H,1,9-18H2,2-8H3/t20-,21+,22-,23+,24+,26+,27-,28+,29+/m0/s1. The Bertz CT molecular complexity index is 812. The molecule has 0 radical (unpaired) electrons. The van der Waals surface area contributed by atoms with Gasteiger partial charge in [-0.05, 0) is 116 Å². The number of hydrogen-bond acceptors (Lipinski definition) is 2. The van der Waals surface area contributed by atoms with Crippen molar-refractivity contribution in [3.63, 3.8) is 0 Å². The first kappa shape index (κ1) is 23.4. The van der Waals surface area contributed by atoms with E-state index in [2.05, 4.69) is 55.0 Å². The van der Waals surface area contributed by atoms with Gasteiger partial charge < -0.3 is 10.2 Å². The Hall–Kier alpha value is -0.340. The molecule has 0 aromatic carbocycles. The monoisotopic (exact) mass is 442 g/mol. The number of allylic oxidation sites excluding steroid dienone is 1. The molecule has 0 spiro atoms. The summed E-state index contributed by atoms with van der Waals surface area (Å²) >= 11 is 0. The molecule has 0 aromatic heterocycles. The molecule has 0 saturated heterocycles. The Morgan fingerprint density at radius 3 is 2.06 bits per heavy atom. The van der Waals surface area contributed by atoms with Crippen molar-refractivity contribution in [2.45, 2.75) is 118 Å². The van der Waals surface area contributed by atoms with Gasteiger partial charge in [-0.25, -0.2) is 0 Å². The Balaban J connectivity index is 1.54. The first-order valence-electron chi connectivity index (χ1n) is 13.7. The molecule has 0 aromatic rings. The molecule has 5 aliphatic carbocycles. The summed E-state index contributed by atoms with van der Waals surface area (Å²) in [7, 11) is 0. The van der Waals surface area contributed by atoms with Gasteiger partial charge >= 0.3 is 0 Å². The van der Waals surface area contributed by atoms with Crippen LogP contribution < -0.4 is 0 Å². The van der Waals surface area contributed by atoms with Crippen LogP contribution in [-0.4, -0.2) is 16.0 Å². The molecule has 5 rings (SSSR count). The summed E-state index contributed by atoms with van der Waals surface area (Å²) in [5.41, 5.74) is 2.46. The maximum Gasteiger partial charge on any atom is 0.167 e. The van der Waals surface area contributed by atoms with Crippen LogP contribution in [-0.2, 0) is 0 Å². The van der Waals surface area contributed by atoms with Crippen LogP contribution in [0.4, 0.5) is 0 Å². The molecule has 2 N–H and O–H groups in total. The lowest BCUT2D eigenvalue weighted by Gasteiger charge is -2.73. The molecule has 32 heavy (non-hydrogen) atoms. The van der Waals surface area contributed by atoms with Gasteiger partial charge in [0.2, 0.25) is 0 Å². The molecule has 182 valence electrons. The normalized spacial score (nSPS) is 55.8. The van der Waals surface area contributed by atoms with Crippen molar-refractivity contribution in [3.8, 4) is 0 Å². The zero-order valence-electron chi connectivity index (χ0n) is 22.1. The van der Waals surface area contributed by atoms with Gasteiger partial charge in [-0.15, -0.1) is 0 Å². The molecule has 0 heterocycles. The van der Waals surface area contributed by atoms with Crippen LogP contribution in [0.2, 0.25) is 0 Å². The average Bonchev–Trinajstić information content (AvgIpc) is 3.04. The van der Waals surface area contributed by atoms with Crippen LogP contribution in [0.15, 0.2) is 12.2 Å². The van der Waals surface area contributed by atoms with E-state index in [1.807, 2.05) is 0 Å². The maximum absolute atomic E-state index is 10.9.